The summed E-state index contributed by atoms with van der Waals surface area (Å²) in [5, 5.41) is 16.5. The number of rotatable bonds is 1. The van der Waals surface area contributed by atoms with E-state index in [9.17, 15) is 0 Å². The van der Waals surface area contributed by atoms with Gasteiger partial charge in [-0.25, -0.2) is 0 Å². The van der Waals surface area contributed by atoms with Gasteiger partial charge < -0.3 is 10.2 Å². The molecule has 0 aliphatic heterocycles. The summed E-state index contributed by atoms with van der Waals surface area (Å²) in [6, 6.07) is 5.48. The second-order valence-corrected chi connectivity index (χ2v) is 2.25. The standard InChI is InChI=1S/C7H9NO.C2H6O/c1-6(9)7-4-2-3-5-8-7;1-2-3/h2-6,9H,1H3;3H,2H2,1H3. The minimum Gasteiger partial charge on any atom is -0.397 e. The van der Waals surface area contributed by atoms with Crippen molar-refractivity contribution in [2.45, 2.75) is 20.0 Å². The van der Waals surface area contributed by atoms with Crippen molar-refractivity contribution < 1.29 is 10.2 Å². The number of pyridine rings is 1. The van der Waals surface area contributed by atoms with Crippen molar-refractivity contribution in [2.75, 3.05) is 6.61 Å². The third-order valence-corrected chi connectivity index (χ3v) is 1.12. The Hall–Kier alpha value is -0.930. The molecule has 0 aromatic carbocycles. The van der Waals surface area contributed by atoms with E-state index in [1.807, 2.05) is 12.1 Å². The van der Waals surface area contributed by atoms with Gasteiger partial charge in [0.25, 0.3) is 0 Å². The van der Waals surface area contributed by atoms with Gasteiger partial charge in [0.05, 0.1) is 11.8 Å². The Labute approximate surface area is 72.7 Å². The molecule has 3 heteroatoms. The summed E-state index contributed by atoms with van der Waals surface area (Å²) in [5.74, 6) is 0. The van der Waals surface area contributed by atoms with Gasteiger partial charge >= 0.3 is 0 Å². The van der Waals surface area contributed by atoms with Gasteiger partial charge in [0.15, 0.2) is 0 Å². The van der Waals surface area contributed by atoms with E-state index in [0.29, 0.717) is 0 Å². The summed E-state index contributed by atoms with van der Waals surface area (Å²) >= 11 is 0. The molecule has 1 unspecified atom stereocenters. The zero-order chi connectivity index (χ0) is 9.40. The Bertz CT molecular complexity index is 187. The molecule has 1 rings (SSSR count). The Morgan fingerprint density at radius 2 is 2.08 bits per heavy atom. The fourth-order valence-corrected chi connectivity index (χ4v) is 0.623. The largest absolute Gasteiger partial charge is 0.397 e. The van der Waals surface area contributed by atoms with Crippen LogP contribution in [0.2, 0.25) is 0 Å². The first-order valence-electron chi connectivity index (χ1n) is 3.92. The fourth-order valence-electron chi connectivity index (χ4n) is 0.623. The number of aliphatic hydroxyl groups excluding tert-OH is 2. The molecule has 3 nitrogen and oxygen atoms in total. The lowest BCUT2D eigenvalue weighted by atomic mass is 10.2. The number of nitrogens with zero attached hydrogens (tertiary/aromatic N) is 1. The van der Waals surface area contributed by atoms with Crippen molar-refractivity contribution in [2.24, 2.45) is 0 Å². The molecule has 1 aromatic rings. The van der Waals surface area contributed by atoms with Gasteiger partial charge in [-0.3, -0.25) is 4.98 Å². The van der Waals surface area contributed by atoms with Crippen LogP contribution in [0.4, 0.5) is 0 Å². The van der Waals surface area contributed by atoms with Crippen LogP contribution in [0.25, 0.3) is 0 Å². The van der Waals surface area contributed by atoms with Crippen LogP contribution >= 0.6 is 0 Å². The SMILES string of the molecule is CC(O)c1ccccn1.CCO. The van der Waals surface area contributed by atoms with Gasteiger partial charge in [0, 0.05) is 12.8 Å². The van der Waals surface area contributed by atoms with Gasteiger partial charge in [0.1, 0.15) is 0 Å². The Balaban J connectivity index is 0.000000354. The smallest absolute Gasteiger partial charge is 0.0931 e. The van der Waals surface area contributed by atoms with Gasteiger partial charge in [-0.05, 0) is 26.0 Å². The fraction of sp³-hybridized carbons (Fsp3) is 0.444. The Morgan fingerprint density at radius 3 is 2.33 bits per heavy atom. The number of hydrogen-bond donors (Lipinski definition) is 2. The second kappa shape index (κ2) is 6.76. The molecule has 12 heavy (non-hydrogen) atoms. The zero-order valence-corrected chi connectivity index (χ0v) is 7.44. The van der Waals surface area contributed by atoms with E-state index >= 15 is 0 Å². The summed E-state index contributed by atoms with van der Waals surface area (Å²) in [6.45, 7) is 3.63. The van der Waals surface area contributed by atoms with Crippen LogP contribution in [0.5, 0.6) is 0 Å². The molecule has 0 saturated carbocycles. The first-order chi connectivity index (χ1) is 5.72. The van der Waals surface area contributed by atoms with E-state index in [0.717, 1.165) is 5.69 Å². The van der Waals surface area contributed by atoms with E-state index in [1.54, 1.807) is 26.1 Å². The molecule has 0 amide bonds. The van der Waals surface area contributed by atoms with Gasteiger partial charge in [-0.15, -0.1) is 0 Å². The molecule has 1 heterocycles. The average molecular weight is 169 g/mol. The van der Waals surface area contributed by atoms with E-state index in [-0.39, 0.29) is 6.61 Å². The van der Waals surface area contributed by atoms with Crippen LogP contribution in [0.3, 0.4) is 0 Å². The lowest BCUT2D eigenvalue weighted by molar-refractivity contribution is 0.194. The van der Waals surface area contributed by atoms with Crippen molar-refractivity contribution in [3.8, 4) is 0 Å². The summed E-state index contributed by atoms with van der Waals surface area (Å²) < 4.78 is 0. The maximum absolute atomic E-state index is 8.96. The monoisotopic (exact) mass is 169 g/mol. The van der Waals surface area contributed by atoms with Crippen LogP contribution in [-0.4, -0.2) is 21.8 Å². The van der Waals surface area contributed by atoms with Crippen LogP contribution in [0.1, 0.15) is 25.6 Å². The first kappa shape index (κ1) is 11.1. The van der Waals surface area contributed by atoms with Crippen LogP contribution < -0.4 is 0 Å². The minimum atomic E-state index is -0.453. The van der Waals surface area contributed by atoms with Crippen molar-refractivity contribution >= 4 is 0 Å². The van der Waals surface area contributed by atoms with Crippen LogP contribution in [0, 0.1) is 0 Å². The highest BCUT2D eigenvalue weighted by Crippen LogP contribution is 2.05. The highest BCUT2D eigenvalue weighted by atomic mass is 16.3. The summed E-state index contributed by atoms with van der Waals surface area (Å²) in [5.41, 5.74) is 0.720. The van der Waals surface area contributed by atoms with E-state index < -0.39 is 6.10 Å². The maximum Gasteiger partial charge on any atom is 0.0931 e. The summed E-state index contributed by atoms with van der Waals surface area (Å²) in [6.07, 6.45) is 1.22. The average Bonchev–Trinajstić information content (AvgIpc) is 2.07. The quantitative estimate of drug-likeness (QED) is 0.662. The third kappa shape index (κ3) is 4.82. The number of aromatic nitrogens is 1. The summed E-state index contributed by atoms with van der Waals surface area (Å²) in [7, 11) is 0. The molecule has 1 atom stereocenters. The van der Waals surface area contributed by atoms with Crippen molar-refractivity contribution in [3.05, 3.63) is 30.1 Å². The number of aliphatic hydroxyl groups is 2. The normalized spacial score (nSPS) is 11.3. The Kier molecular flexibility index (Phi) is 6.24. The topological polar surface area (TPSA) is 53.4 Å². The van der Waals surface area contributed by atoms with Crippen LogP contribution in [0.15, 0.2) is 24.4 Å². The van der Waals surface area contributed by atoms with E-state index in [4.69, 9.17) is 10.2 Å². The molecular weight excluding hydrogens is 154 g/mol. The zero-order valence-electron chi connectivity index (χ0n) is 7.44. The lowest BCUT2D eigenvalue weighted by Gasteiger charge is -1.99. The second-order valence-electron chi connectivity index (χ2n) is 2.25. The van der Waals surface area contributed by atoms with E-state index in [2.05, 4.69) is 4.98 Å². The predicted molar refractivity (Wildman–Crippen MR) is 47.6 cm³/mol. The molecule has 0 fully saturated rings. The van der Waals surface area contributed by atoms with Gasteiger partial charge in [-0.2, -0.15) is 0 Å². The molecule has 0 radical (unpaired) electrons. The molecule has 1 aromatic heterocycles. The predicted octanol–water partition coefficient (Wildman–Crippen LogP) is 1.13. The number of hydrogen-bond acceptors (Lipinski definition) is 3. The molecule has 0 saturated heterocycles. The first-order valence-corrected chi connectivity index (χ1v) is 3.92. The molecular formula is C9H15NO2. The van der Waals surface area contributed by atoms with Crippen molar-refractivity contribution in [1.29, 1.82) is 0 Å². The highest BCUT2D eigenvalue weighted by Gasteiger charge is 1.97. The molecule has 68 valence electrons. The van der Waals surface area contributed by atoms with E-state index in [1.165, 1.54) is 0 Å². The Morgan fingerprint density at radius 1 is 1.50 bits per heavy atom. The van der Waals surface area contributed by atoms with Gasteiger partial charge in [0.2, 0.25) is 0 Å². The van der Waals surface area contributed by atoms with Crippen molar-refractivity contribution in [1.82, 2.24) is 4.98 Å². The third-order valence-electron chi connectivity index (χ3n) is 1.12. The molecule has 2 N–H and O–H groups in total. The van der Waals surface area contributed by atoms with Crippen molar-refractivity contribution in [3.63, 3.8) is 0 Å². The molecule has 0 aliphatic rings. The molecule has 0 spiro atoms. The maximum atomic E-state index is 8.96. The summed E-state index contributed by atoms with van der Waals surface area (Å²) in [4.78, 5) is 3.93. The lowest BCUT2D eigenvalue weighted by Crippen LogP contribution is -1.92. The molecule has 0 aliphatic carbocycles. The van der Waals surface area contributed by atoms with Crippen LogP contribution in [-0.2, 0) is 0 Å². The highest BCUT2D eigenvalue weighted by molar-refractivity contribution is 5.05. The minimum absolute atomic E-state index is 0.250. The van der Waals surface area contributed by atoms with Gasteiger partial charge in [-0.1, -0.05) is 6.07 Å². The molecule has 0 bridgehead atoms.